The van der Waals surface area contributed by atoms with Gasteiger partial charge in [0.15, 0.2) is 0 Å². The first-order valence-corrected chi connectivity index (χ1v) is 4.95. The second-order valence-corrected chi connectivity index (χ2v) is 4.47. The molecule has 0 heterocycles. The molecule has 5 nitrogen and oxygen atoms in total. The number of carbonyl (C=O) groups is 2. The predicted octanol–water partition coefficient (Wildman–Crippen LogP) is 1.12. The van der Waals surface area contributed by atoms with Crippen molar-refractivity contribution >= 4 is 12.0 Å². The van der Waals surface area contributed by atoms with Crippen molar-refractivity contribution < 1.29 is 14.3 Å². The van der Waals surface area contributed by atoms with Gasteiger partial charge in [0.2, 0.25) is 5.91 Å². The van der Waals surface area contributed by atoms with Gasteiger partial charge in [-0.2, -0.15) is 0 Å². The molecule has 0 atom stereocenters. The maximum absolute atomic E-state index is 11.4. The van der Waals surface area contributed by atoms with E-state index in [-0.39, 0.29) is 18.4 Å². The number of ether oxygens (including phenoxy) is 1. The average Bonchev–Trinajstić information content (AvgIpc) is 1.99. The molecular formula is C10H20N2O3. The Kier molecular flexibility index (Phi) is 5.11. The fraction of sp³-hybridized carbons (Fsp3) is 0.800. The summed E-state index contributed by atoms with van der Waals surface area (Å²) >= 11 is 0. The highest BCUT2D eigenvalue weighted by atomic mass is 16.6. The summed E-state index contributed by atoms with van der Waals surface area (Å²) in [5.41, 5.74) is 4.49. The first kappa shape index (κ1) is 13.7. The van der Waals surface area contributed by atoms with Gasteiger partial charge in [0.25, 0.3) is 0 Å². The number of rotatable bonds is 4. The zero-order chi connectivity index (χ0) is 12.1. The molecule has 0 bridgehead atoms. The Morgan fingerprint density at radius 3 is 2.27 bits per heavy atom. The molecule has 0 spiro atoms. The van der Waals surface area contributed by atoms with Gasteiger partial charge in [0.1, 0.15) is 5.60 Å². The minimum atomic E-state index is -0.491. The summed E-state index contributed by atoms with van der Waals surface area (Å²) in [6.07, 6.45) is 0.463. The average molecular weight is 216 g/mol. The van der Waals surface area contributed by atoms with Gasteiger partial charge in [-0.05, 0) is 27.2 Å². The van der Waals surface area contributed by atoms with E-state index in [2.05, 4.69) is 0 Å². The van der Waals surface area contributed by atoms with Crippen LogP contribution in [0.2, 0.25) is 0 Å². The summed E-state index contributed by atoms with van der Waals surface area (Å²) in [5, 5.41) is 0. The van der Waals surface area contributed by atoms with Crippen molar-refractivity contribution in [1.82, 2.24) is 4.90 Å². The number of primary amides is 1. The standard InChI is InChI=1S/C10H20N2O3/c1-10(2,3)15-9(14)12(4)7-5-6-8(11)13/h5-7H2,1-4H3,(H2,11,13). The van der Waals surface area contributed by atoms with Gasteiger partial charge >= 0.3 is 6.09 Å². The van der Waals surface area contributed by atoms with E-state index in [1.165, 1.54) is 4.90 Å². The zero-order valence-electron chi connectivity index (χ0n) is 9.87. The summed E-state index contributed by atoms with van der Waals surface area (Å²) in [4.78, 5) is 23.3. The third-order valence-corrected chi connectivity index (χ3v) is 1.62. The van der Waals surface area contributed by atoms with Gasteiger partial charge in [-0.15, -0.1) is 0 Å². The fourth-order valence-corrected chi connectivity index (χ4v) is 0.922. The van der Waals surface area contributed by atoms with Crippen molar-refractivity contribution in [3.05, 3.63) is 0 Å². The molecule has 0 aromatic heterocycles. The molecule has 0 aromatic rings. The summed E-state index contributed by atoms with van der Waals surface area (Å²) in [7, 11) is 1.63. The third-order valence-electron chi connectivity index (χ3n) is 1.62. The molecule has 0 unspecified atom stereocenters. The van der Waals surface area contributed by atoms with E-state index < -0.39 is 5.60 Å². The summed E-state index contributed by atoms with van der Waals surface area (Å²) in [6, 6.07) is 0. The SMILES string of the molecule is CN(CCCC(N)=O)C(=O)OC(C)(C)C. The third kappa shape index (κ3) is 7.78. The lowest BCUT2D eigenvalue weighted by molar-refractivity contribution is -0.118. The van der Waals surface area contributed by atoms with Crippen molar-refractivity contribution in [2.75, 3.05) is 13.6 Å². The fourth-order valence-electron chi connectivity index (χ4n) is 0.922. The van der Waals surface area contributed by atoms with Gasteiger partial charge in [-0.1, -0.05) is 0 Å². The maximum Gasteiger partial charge on any atom is 0.410 e. The molecule has 2 N–H and O–H groups in total. The molecule has 2 amide bonds. The molecule has 0 saturated heterocycles. The van der Waals surface area contributed by atoms with Crippen LogP contribution in [-0.4, -0.2) is 36.1 Å². The summed E-state index contributed by atoms with van der Waals surface area (Å²) in [6.45, 7) is 5.89. The Morgan fingerprint density at radius 1 is 1.33 bits per heavy atom. The minimum Gasteiger partial charge on any atom is -0.444 e. The molecule has 0 aliphatic heterocycles. The molecule has 0 rings (SSSR count). The Labute approximate surface area is 90.6 Å². The normalized spacial score (nSPS) is 10.9. The van der Waals surface area contributed by atoms with Gasteiger partial charge in [-0.25, -0.2) is 4.79 Å². The number of hydrogen-bond donors (Lipinski definition) is 1. The van der Waals surface area contributed by atoms with Crippen molar-refractivity contribution in [2.24, 2.45) is 5.73 Å². The second kappa shape index (κ2) is 5.58. The lowest BCUT2D eigenvalue weighted by Crippen LogP contribution is -2.35. The zero-order valence-corrected chi connectivity index (χ0v) is 9.87. The topological polar surface area (TPSA) is 72.6 Å². The van der Waals surface area contributed by atoms with Gasteiger partial charge in [0.05, 0.1) is 0 Å². The molecule has 0 aliphatic carbocycles. The van der Waals surface area contributed by atoms with Gasteiger partial charge in [0, 0.05) is 20.0 Å². The van der Waals surface area contributed by atoms with Gasteiger partial charge < -0.3 is 15.4 Å². The van der Waals surface area contributed by atoms with Crippen LogP contribution in [0.4, 0.5) is 4.79 Å². The van der Waals surface area contributed by atoms with E-state index in [4.69, 9.17) is 10.5 Å². The Balaban J connectivity index is 3.85. The van der Waals surface area contributed by atoms with Crippen molar-refractivity contribution in [3.8, 4) is 0 Å². The molecule has 0 aromatic carbocycles. The predicted molar refractivity (Wildman–Crippen MR) is 57.3 cm³/mol. The Morgan fingerprint density at radius 2 is 1.87 bits per heavy atom. The highest BCUT2D eigenvalue weighted by Gasteiger charge is 2.19. The van der Waals surface area contributed by atoms with Crippen LogP contribution in [0.15, 0.2) is 0 Å². The summed E-state index contributed by atoms with van der Waals surface area (Å²) in [5.74, 6) is -0.354. The lowest BCUT2D eigenvalue weighted by Gasteiger charge is -2.24. The van der Waals surface area contributed by atoms with Crippen molar-refractivity contribution in [1.29, 1.82) is 0 Å². The summed E-state index contributed by atoms with van der Waals surface area (Å²) < 4.78 is 5.13. The van der Waals surface area contributed by atoms with E-state index in [0.717, 1.165) is 0 Å². The number of carbonyl (C=O) groups excluding carboxylic acids is 2. The second-order valence-electron chi connectivity index (χ2n) is 4.47. The minimum absolute atomic E-state index is 0.285. The Hall–Kier alpha value is -1.26. The van der Waals surface area contributed by atoms with E-state index in [0.29, 0.717) is 13.0 Å². The monoisotopic (exact) mass is 216 g/mol. The van der Waals surface area contributed by atoms with Crippen LogP contribution < -0.4 is 5.73 Å². The van der Waals surface area contributed by atoms with Crippen LogP contribution in [0.3, 0.4) is 0 Å². The Bertz CT molecular complexity index is 233. The van der Waals surface area contributed by atoms with Crippen molar-refractivity contribution in [2.45, 2.75) is 39.2 Å². The van der Waals surface area contributed by atoms with Crippen LogP contribution in [0, 0.1) is 0 Å². The largest absolute Gasteiger partial charge is 0.444 e. The van der Waals surface area contributed by atoms with E-state index in [9.17, 15) is 9.59 Å². The quantitative estimate of drug-likeness (QED) is 0.765. The first-order valence-electron chi connectivity index (χ1n) is 4.95. The molecule has 5 heteroatoms. The maximum atomic E-state index is 11.4. The molecular weight excluding hydrogens is 196 g/mol. The molecule has 0 aliphatic rings. The van der Waals surface area contributed by atoms with Crippen LogP contribution in [0.25, 0.3) is 0 Å². The number of hydrogen-bond acceptors (Lipinski definition) is 3. The van der Waals surface area contributed by atoms with Gasteiger partial charge in [-0.3, -0.25) is 4.79 Å². The molecule has 0 radical (unpaired) electrons. The highest BCUT2D eigenvalue weighted by Crippen LogP contribution is 2.09. The van der Waals surface area contributed by atoms with E-state index >= 15 is 0 Å². The molecule has 0 fully saturated rings. The van der Waals surface area contributed by atoms with Crippen LogP contribution in [-0.2, 0) is 9.53 Å². The lowest BCUT2D eigenvalue weighted by atomic mass is 10.2. The van der Waals surface area contributed by atoms with Crippen LogP contribution in [0.1, 0.15) is 33.6 Å². The number of nitrogens with zero attached hydrogens (tertiary/aromatic N) is 1. The number of amides is 2. The van der Waals surface area contributed by atoms with E-state index in [1.807, 2.05) is 20.8 Å². The first-order chi connectivity index (χ1) is 6.72. The van der Waals surface area contributed by atoms with Crippen LogP contribution >= 0.6 is 0 Å². The molecule has 0 saturated carbocycles. The van der Waals surface area contributed by atoms with Crippen LogP contribution in [0.5, 0.6) is 0 Å². The highest BCUT2D eigenvalue weighted by molar-refractivity contribution is 5.73. The smallest absolute Gasteiger partial charge is 0.410 e. The molecule has 88 valence electrons. The molecule has 15 heavy (non-hydrogen) atoms. The van der Waals surface area contributed by atoms with Crippen molar-refractivity contribution in [3.63, 3.8) is 0 Å². The number of nitrogens with two attached hydrogens (primary N) is 1. The van der Waals surface area contributed by atoms with E-state index in [1.54, 1.807) is 7.05 Å².